The number of hydrogen-bond donors (Lipinski definition) is 2. The van der Waals surface area contributed by atoms with Gasteiger partial charge in [0.1, 0.15) is 5.01 Å². The Bertz CT molecular complexity index is 550. The highest BCUT2D eigenvalue weighted by Crippen LogP contribution is 2.29. The Morgan fingerprint density at radius 1 is 1.40 bits per heavy atom. The number of nitrogens with zero attached hydrogens (tertiary/aromatic N) is 3. The van der Waals surface area contributed by atoms with Crippen molar-refractivity contribution in [2.24, 2.45) is 4.99 Å². The minimum absolute atomic E-state index is 0.232. The van der Waals surface area contributed by atoms with Crippen LogP contribution < -0.4 is 10.6 Å². The number of hydrogen-bond acceptors (Lipinski definition) is 4. The van der Waals surface area contributed by atoms with Gasteiger partial charge in [0.15, 0.2) is 11.7 Å². The Morgan fingerprint density at radius 2 is 2.12 bits per heavy atom. The second kappa shape index (κ2) is 9.38. The van der Waals surface area contributed by atoms with Gasteiger partial charge in [-0.25, -0.2) is 4.98 Å². The molecular formula is C16H26F3N5S. The number of piperidine rings is 1. The molecule has 5 nitrogen and oxygen atoms in total. The summed E-state index contributed by atoms with van der Waals surface area (Å²) in [5.74, 6) is 0.607. The predicted molar refractivity (Wildman–Crippen MR) is 94.8 cm³/mol. The maximum absolute atomic E-state index is 12.6. The van der Waals surface area contributed by atoms with Crippen molar-refractivity contribution in [3.05, 3.63) is 16.1 Å². The molecule has 0 radical (unpaired) electrons. The van der Waals surface area contributed by atoms with E-state index in [0.717, 1.165) is 49.2 Å². The molecule has 0 spiro atoms. The normalized spacial score (nSPS) is 17.7. The van der Waals surface area contributed by atoms with Crippen molar-refractivity contribution < 1.29 is 13.2 Å². The lowest BCUT2D eigenvalue weighted by Gasteiger charge is -2.33. The summed E-state index contributed by atoms with van der Waals surface area (Å²) in [6.45, 7) is 5.72. The SMILES string of the molecule is CCCCN1CCC(NC(=NC)NCc2nc(C(F)(F)F)cs2)CC1. The van der Waals surface area contributed by atoms with E-state index < -0.39 is 11.9 Å². The standard InChI is InChI=1S/C16H26F3N5S/c1-3-4-7-24-8-5-12(6-9-24)22-15(20-2)21-10-14-23-13(11-25-14)16(17,18)19/h11-12H,3-10H2,1-2H3,(H2,20,21,22). The minimum Gasteiger partial charge on any atom is -0.354 e. The first-order chi connectivity index (χ1) is 11.9. The van der Waals surface area contributed by atoms with Crippen LogP contribution in [0.1, 0.15) is 43.3 Å². The number of aromatic nitrogens is 1. The van der Waals surface area contributed by atoms with Crippen LogP contribution >= 0.6 is 11.3 Å². The quantitative estimate of drug-likeness (QED) is 0.591. The van der Waals surface area contributed by atoms with Crippen LogP contribution in [0.2, 0.25) is 0 Å². The van der Waals surface area contributed by atoms with Crippen molar-refractivity contribution >= 4 is 17.3 Å². The number of aliphatic imine (C=N–C) groups is 1. The monoisotopic (exact) mass is 377 g/mol. The van der Waals surface area contributed by atoms with Crippen molar-refractivity contribution in [1.29, 1.82) is 0 Å². The van der Waals surface area contributed by atoms with E-state index in [4.69, 9.17) is 0 Å². The van der Waals surface area contributed by atoms with Gasteiger partial charge in [0, 0.05) is 31.6 Å². The van der Waals surface area contributed by atoms with Crippen LogP contribution in [0.4, 0.5) is 13.2 Å². The molecule has 1 aliphatic rings. The van der Waals surface area contributed by atoms with Gasteiger partial charge in [0.2, 0.25) is 0 Å². The molecule has 0 saturated carbocycles. The number of likely N-dealkylation sites (tertiary alicyclic amines) is 1. The predicted octanol–water partition coefficient (Wildman–Crippen LogP) is 3.09. The zero-order valence-corrected chi connectivity index (χ0v) is 15.5. The molecule has 1 aromatic heterocycles. The van der Waals surface area contributed by atoms with E-state index in [9.17, 15) is 13.2 Å². The zero-order chi connectivity index (χ0) is 18.3. The molecule has 0 aliphatic carbocycles. The molecule has 1 saturated heterocycles. The highest BCUT2D eigenvalue weighted by atomic mass is 32.1. The Labute approximate surface area is 150 Å². The first kappa shape index (κ1) is 20.0. The summed E-state index contributed by atoms with van der Waals surface area (Å²) >= 11 is 1.000. The van der Waals surface area contributed by atoms with Crippen molar-refractivity contribution in [2.75, 3.05) is 26.7 Å². The van der Waals surface area contributed by atoms with E-state index in [1.807, 2.05) is 0 Å². The molecule has 1 aliphatic heterocycles. The first-order valence-corrected chi connectivity index (χ1v) is 9.51. The molecule has 25 heavy (non-hydrogen) atoms. The van der Waals surface area contributed by atoms with Gasteiger partial charge in [-0.2, -0.15) is 13.2 Å². The summed E-state index contributed by atoms with van der Waals surface area (Å²) in [7, 11) is 1.66. The Balaban J connectivity index is 1.75. The molecule has 0 amide bonds. The van der Waals surface area contributed by atoms with Gasteiger partial charge in [-0.1, -0.05) is 13.3 Å². The summed E-state index contributed by atoms with van der Waals surface area (Å²) in [6, 6.07) is 0.339. The van der Waals surface area contributed by atoms with Crippen LogP contribution in [0.5, 0.6) is 0 Å². The molecule has 142 valence electrons. The average Bonchev–Trinajstić information content (AvgIpc) is 3.07. The van der Waals surface area contributed by atoms with E-state index in [1.54, 1.807) is 7.05 Å². The van der Waals surface area contributed by atoms with E-state index in [1.165, 1.54) is 12.8 Å². The molecule has 9 heteroatoms. The van der Waals surface area contributed by atoms with Crippen LogP contribution in [0.3, 0.4) is 0 Å². The van der Waals surface area contributed by atoms with Crippen LogP contribution in [0, 0.1) is 0 Å². The van der Waals surface area contributed by atoms with Gasteiger partial charge in [-0.05, 0) is 25.8 Å². The van der Waals surface area contributed by atoms with E-state index in [0.29, 0.717) is 17.0 Å². The second-order valence-corrected chi connectivity index (χ2v) is 7.11. The van der Waals surface area contributed by atoms with E-state index >= 15 is 0 Å². The summed E-state index contributed by atoms with van der Waals surface area (Å²) in [6.07, 6.45) is 0.136. The van der Waals surface area contributed by atoms with Gasteiger partial charge in [0.05, 0.1) is 6.54 Å². The number of alkyl halides is 3. The molecule has 1 aromatic rings. The fraction of sp³-hybridized carbons (Fsp3) is 0.750. The van der Waals surface area contributed by atoms with Gasteiger partial charge in [0.25, 0.3) is 0 Å². The van der Waals surface area contributed by atoms with Crippen molar-refractivity contribution in [3.8, 4) is 0 Å². The van der Waals surface area contributed by atoms with Crippen LogP contribution in [0.25, 0.3) is 0 Å². The third-order valence-electron chi connectivity index (χ3n) is 4.23. The number of halogens is 3. The second-order valence-electron chi connectivity index (χ2n) is 6.16. The van der Waals surface area contributed by atoms with Crippen molar-refractivity contribution in [3.63, 3.8) is 0 Å². The van der Waals surface area contributed by atoms with Crippen LogP contribution in [-0.4, -0.2) is 48.6 Å². The zero-order valence-electron chi connectivity index (χ0n) is 14.7. The Morgan fingerprint density at radius 3 is 2.68 bits per heavy atom. The van der Waals surface area contributed by atoms with Gasteiger partial charge in [-0.3, -0.25) is 4.99 Å². The lowest BCUT2D eigenvalue weighted by molar-refractivity contribution is -0.140. The van der Waals surface area contributed by atoms with Crippen LogP contribution in [0.15, 0.2) is 10.4 Å². The third-order valence-corrected chi connectivity index (χ3v) is 5.08. The van der Waals surface area contributed by atoms with Gasteiger partial charge >= 0.3 is 6.18 Å². The number of thiazole rings is 1. The molecule has 0 aromatic carbocycles. The Hall–Kier alpha value is -1.35. The first-order valence-electron chi connectivity index (χ1n) is 8.63. The summed E-state index contributed by atoms with van der Waals surface area (Å²) < 4.78 is 37.7. The maximum atomic E-state index is 12.6. The number of guanidine groups is 1. The van der Waals surface area contributed by atoms with Crippen molar-refractivity contribution in [1.82, 2.24) is 20.5 Å². The summed E-state index contributed by atoms with van der Waals surface area (Å²) in [4.78, 5) is 10.2. The minimum atomic E-state index is -4.39. The third kappa shape index (κ3) is 6.47. The topological polar surface area (TPSA) is 52.5 Å². The molecule has 1 fully saturated rings. The molecule has 2 heterocycles. The number of nitrogens with one attached hydrogen (secondary N) is 2. The van der Waals surface area contributed by atoms with Crippen LogP contribution in [-0.2, 0) is 12.7 Å². The molecule has 2 N–H and O–H groups in total. The van der Waals surface area contributed by atoms with Gasteiger partial charge in [-0.15, -0.1) is 11.3 Å². The largest absolute Gasteiger partial charge is 0.434 e. The highest BCUT2D eigenvalue weighted by molar-refractivity contribution is 7.09. The summed E-state index contributed by atoms with van der Waals surface area (Å²) in [5.41, 5.74) is -0.836. The van der Waals surface area contributed by atoms with Crippen molar-refractivity contribution in [2.45, 2.75) is 51.4 Å². The lowest BCUT2D eigenvalue weighted by Crippen LogP contribution is -2.48. The lowest BCUT2D eigenvalue weighted by atomic mass is 10.0. The highest BCUT2D eigenvalue weighted by Gasteiger charge is 2.33. The molecular weight excluding hydrogens is 351 g/mol. The molecule has 0 unspecified atom stereocenters. The van der Waals surface area contributed by atoms with E-state index in [-0.39, 0.29) is 6.54 Å². The smallest absolute Gasteiger partial charge is 0.354 e. The fourth-order valence-corrected chi connectivity index (χ4v) is 3.49. The fourth-order valence-electron chi connectivity index (χ4n) is 2.75. The average molecular weight is 377 g/mol. The maximum Gasteiger partial charge on any atom is 0.434 e. The van der Waals surface area contributed by atoms with Gasteiger partial charge < -0.3 is 15.5 Å². The molecule has 2 rings (SSSR count). The molecule has 0 bridgehead atoms. The number of unbranched alkanes of at least 4 members (excludes halogenated alkanes) is 1. The number of rotatable bonds is 6. The van der Waals surface area contributed by atoms with E-state index in [2.05, 4.69) is 32.4 Å². The molecule has 0 atom stereocenters. The summed E-state index contributed by atoms with van der Waals surface area (Å²) in [5, 5.41) is 7.84. The Kier molecular flexibility index (Phi) is 7.49.